The maximum absolute atomic E-state index is 11.4. The summed E-state index contributed by atoms with van der Waals surface area (Å²) in [5.41, 5.74) is -0.308. The molecule has 0 aliphatic carbocycles. The van der Waals surface area contributed by atoms with E-state index >= 15 is 0 Å². The van der Waals surface area contributed by atoms with Crippen molar-refractivity contribution in [1.29, 1.82) is 0 Å². The van der Waals surface area contributed by atoms with Gasteiger partial charge in [-0.25, -0.2) is 4.79 Å². The SMILES string of the molecule is O=C(O)c1cc(N2CCCCCC2)[nH]c(=O)c1. The number of carboxylic acid groups (broad SMARTS) is 1. The molecule has 2 rings (SSSR count). The Labute approximate surface area is 99.1 Å². The average Bonchev–Trinajstić information content (AvgIpc) is 2.56. The van der Waals surface area contributed by atoms with E-state index in [0.29, 0.717) is 5.82 Å². The van der Waals surface area contributed by atoms with Crippen molar-refractivity contribution in [2.24, 2.45) is 0 Å². The van der Waals surface area contributed by atoms with Crippen LogP contribution in [0.5, 0.6) is 0 Å². The summed E-state index contributed by atoms with van der Waals surface area (Å²) in [5, 5.41) is 8.92. The lowest BCUT2D eigenvalue weighted by Gasteiger charge is -2.22. The molecule has 0 atom stereocenters. The first-order valence-electron chi connectivity index (χ1n) is 5.89. The number of hydrogen-bond acceptors (Lipinski definition) is 3. The summed E-state index contributed by atoms with van der Waals surface area (Å²) >= 11 is 0. The van der Waals surface area contributed by atoms with Gasteiger partial charge in [0.2, 0.25) is 5.56 Å². The monoisotopic (exact) mass is 236 g/mol. The fourth-order valence-corrected chi connectivity index (χ4v) is 2.13. The van der Waals surface area contributed by atoms with Crippen LogP contribution in [0.3, 0.4) is 0 Å². The zero-order valence-corrected chi connectivity index (χ0v) is 9.61. The van der Waals surface area contributed by atoms with Gasteiger partial charge in [0.1, 0.15) is 5.82 Å². The number of anilines is 1. The number of H-pyrrole nitrogens is 1. The lowest BCUT2D eigenvalue weighted by molar-refractivity contribution is 0.0696. The van der Waals surface area contributed by atoms with Gasteiger partial charge in [0.15, 0.2) is 0 Å². The number of aromatic amines is 1. The lowest BCUT2D eigenvalue weighted by atomic mass is 10.2. The number of aromatic carboxylic acids is 1. The molecule has 1 fully saturated rings. The van der Waals surface area contributed by atoms with Gasteiger partial charge in [-0.2, -0.15) is 0 Å². The third-order valence-electron chi connectivity index (χ3n) is 3.02. The Morgan fingerprint density at radius 2 is 1.82 bits per heavy atom. The van der Waals surface area contributed by atoms with E-state index in [1.54, 1.807) is 0 Å². The highest BCUT2D eigenvalue weighted by molar-refractivity contribution is 5.88. The molecular formula is C12H16N2O3. The van der Waals surface area contributed by atoms with Gasteiger partial charge >= 0.3 is 5.97 Å². The van der Waals surface area contributed by atoms with Crippen LogP contribution in [0.2, 0.25) is 0 Å². The van der Waals surface area contributed by atoms with E-state index in [-0.39, 0.29) is 11.1 Å². The van der Waals surface area contributed by atoms with Crippen LogP contribution in [0.25, 0.3) is 0 Å². The highest BCUT2D eigenvalue weighted by atomic mass is 16.4. The number of pyridine rings is 1. The van der Waals surface area contributed by atoms with E-state index < -0.39 is 5.97 Å². The molecule has 92 valence electrons. The maximum atomic E-state index is 11.4. The molecule has 0 unspecified atom stereocenters. The smallest absolute Gasteiger partial charge is 0.336 e. The predicted molar refractivity (Wildman–Crippen MR) is 64.7 cm³/mol. The van der Waals surface area contributed by atoms with Gasteiger partial charge in [-0.1, -0.05) is 12.8 Å². The average molecular weight is 236 g/mol. The predicted octanol–water partition coefficient (Wildman–Crippen LogP) is 1.45. The Morgan fingerprint density at radius 1 is 1.18 bits per heavy atom. The molecule has 0 amide bonds. The van der Waals surface area contributed by atoms with E-state index in [0.717, 1.165) is 32.0 Å². The molecule has 1 aromatic heterocycles. The Balaban J connectivity index is 2.30. The van der Waals surface area contributed by atoms with E-state index in [9.17, 15) is 9.59 Å². The molecule has 5 heteroatoms. The van der Waals surface area contributed by atoms with Crippen LogP contribution in [-0.2, 0) is 0 Å². The minimum absolute atomic E-state index is 0.0491. The minimum atomic E-state index is -1.06. The van der Waals surface area contributed by atoms with Gasteiger partial charge in [0.25, 0.3) is 0 Å². The van der Waals surface area contributed by atoms with Crippen LogP contribution in [0, 0.1) is 0 Å². The van der Waals surface area contributed by atoms with Gasteiger partial charge < -0.3 is 15.0 Å². The zero-order valence-electron chi connectivity index (χ0n) is 9.61. The summed E-state index contributed by atoms with van der Waals surface area (Å²) in [7, 11) is 0. The van der Waals surface area contributed by atoms with E-state index in [1.165, 1.54) is 18.9 Å². The number of rotatable bonds is 2. The van der Waals surface area contributed by atoms with E-state index in [4.69, 9.17) is 5.11 Å². The van der Waals surface area contributed by atoms with Crippen LogP contribution in [0.4, 0.5) is 5.82 Å². The lowest BCUT2D eigenvalue weighted by Crippen LogP contribution is -2.27. The van der Waals surface area contributed by atoms with Crippen molar-refractivity contribution in [3.05, 3.63) is 28.0 Å². The molecule has 1 aliphatic heterocycles. The molecule has 0 saturated carbocycles. The topological polar surface area (TPSA) is 73.4 Å². The summed E-state index contributed by atoms with van der Waals surface area (Å²) in [6.07, 6.45) is 4.55. The molecule has 0 aromatic carbocycles. The normalized spacial score (nSPS) is 16.6. The summed E-state index contributed by atoms with van der Waals surface area (Å²) in [5.74, 6) is -0.441. The second-order valence-corrected chi connectivity index (χ2v) is 4.32. The number of carboxylic acids is 1. The van der Waals surface area contributed by atoms with Crippen LogP contribution in [0.1, 0.15) is 36.0 Å². The minimum Gasteiger partial charge on any atom is -0.478 e. The first-order valence-corrected chi connectivity index (χ1v) is 5.89. The summed E-state index contributed by atoms with van der Waals surface area (Å²) in [6, 6.07) is 2.65. The van der Waals surface area contributed by atoms with Crippen molar-refractivity contribution >= 4 is 11.8 Å². The van der Waals surface area contributed by atoms with E-state index in [1.807, 2.05) is 0 Å². The Hall–Kier alpha value is -1.78. The number of hydrogen-bond donors (Lipinski definition) is 2. The molecule has 0 spiro atoms. The zero-order chi connectivity index (χ0) is 12.3. The Bertz CT molecular complexity index is 459. The largest absolute Gasteiger partial charge is 0.478 e. The van der Waals surface area contributed by atoms with Crippen molar-refractivity contribution in [2.45, 2.75) is 25.7 Å². The second kappa shape index (κ2) is 5.03. The van der Waals surface area contributed by atoms with Gasteiger partial charge in [-0.3, -0.25) is 4.79 Å². The quantitative estimate of drug-likeness (QED) is 0.815. The van der Waals surface area contributed by atoms with Gasteiger partial charge in [0.05, 0.1) is 5.56 Å². The molecule has 0 bridgehead atoms. The van der Waals surface area contributed by atoms with Crippen molar-refractivity contribution in [2.75, 3.05) is 18.0 Å². The third-order valence-corrected chi connectivity index (χ3v) is 3.02. The maximum Gasteiger partial charge on any atom is 0.336 e. The number of carbonyl (C=O) groups is 1. The fourth-order valence-electron chi connectivity index (χ4n) is 2.13. The van der Waals surface area contributed by atoms with Crippen LogP contribution in [-0.4, -0.2) is 29.1 Å². The highest BCUT2D eigenvalue weighted by Crippen LogP contribution is 2.17. The molecule has 1 saturated heterocycles. The number of aromatic nitrogens is 1. The standard InChI is InChI=1S/C12H16N2O3/c15-11-8-9(12(16)17)7-10(13-11)14-5-3-1-2-4-6-14/h7-8H,1-6H2,(H,13,15)(H,16,17). The third kappa shape index (κ3) is 2.87. The summed E-state index contributed by atoms with van der Waals surface area (Å²) in [4.78, 5) is 27.0. The molecule has 1 aliphatic rings. The first kappa shape index (κ1) is 11.7. The van der Waals surface area contributed by atoms with Crippen LogP contribution < -0.4 is 10.5 Å². The van der Waals surface area contributed by atoms with Crippen LogP contribution >= 0.6 is 0 Å². The van der Waals surface area contributed by atoms with Gasteiger partial charge in [-0.15, -0.1) is 0 Å². The van der Waals surface area contributed by atoms with Crippen molar-refractivity contribution < 1.29 is 9.90 Å². The molecular weight excluding hydrogens is 220 g/mol. The number of nitrogens with one attached hydrogen (secondary N) is 1. The van der Waals surface area contributed by atoms with Crippen molar-refractivity contribution in [1.82, 2.24) is 4.98 Å². The number of nitrogens with zero attached hydrogens (tertiary/aromatic N) is 1. The van der Waals surface area contributed by atoms with Gasteiger partial charge in [-0.05, 0) is 18.9 Å². The molecule has 1 aromatic rings. The summed E-state index contributed by atoms with van der Waals surface area (Å²) in [6.45, 7) is 1.75. The molecule has 2 heterocycles. The Kier molecular flexibility index (Phi) is 3.46. The Morgan fingerprint density at radius 3 is 2.41 bits per heavy atom. The molecule has 17 heavy (non-hydrogen) atoms. The van der Waals surface area contributed by atoms with E-state index in [2.05, 4.69) is 9.88 Å². The second-order valence-electron chi connectivity index (χ2n) is 4.32. The molecule has 5 nitrogen and oxygen atoms in total. The van der Waals surface area contributed by atoms with Gasteiger partial charge in [0, 0.05) is 19.2 Å². The highest BCUT2D eigenvalue weighted by Gasteiger charge is 2.13. The first-order chi connectivity index (χ1) is 8.16. The van der Waals surface area contributed by atoms with Crippen molar-refractivity contribution in [3.63, 3.8) is 0 Å². The molecule has 0 radical (unpaired) electrons. The van der Waals surface area contributed by atoms with Crippen LogP contribution in [0.15, 0.2) is 16.9 Å². The fraction of sp³-hybridized carbons (Fsp3) is 0.500. The molecule has 2 N–H and O–H groups in total. The van der Waals surface area contributed by atoms with Crippen molar-refractivity contribution in [3.8, 4) is 0 Å². The summed E-state index contributed by atoms with van der Waals surface area (Å²) < 4.78 is 0.